The molecule has 1 unspecified atom stereocenters. The molecule has 0 amide bonds. The summed E-state index contributed by atoms with van der Waals surface area (Å²) in [6.45, 7) is 8.31. The topological polar surface area (TPSA) is 39.1 Å². The second-order valence-corrected chi connectivity index (χ2v) is 5.01. The highest BCUT2D eigenvalue weighted by Crippen LogP contribution is 2.15. The van der Waals surface area contributed by atoms with E-state index < -0.39 is 0 Å². The first kappa shape index (κ1) is 16.2. The Morgan fingerprint density at radius 1 is 1.32 bits per heavy atom. The summed E-state index contributed by atoms with van der Waals surface area (Å²) in [7, 11) is 1.76. The largest absolute Gasteiger partial charge is 0.383 e. The third-order valence-electron chi connectivity index (χ3n) is 3.59. The average Bonchev–Trinajstić information content (AvgIpc) is 2.87. The molecular weight excluding hydrogens is 238 g/mol. The van der Waals surface area contributed by atoms with Gasteiger partial charge in [-0.2, -0.15) is 5.10 Å². The average molecular weight is 267 g/mol. The van der Waals surface area contributed by atoms with E-state index >= 15 is 0 Å². The SMILES string of the molecule is CCNC(CCc1ccn(C(CC)CC)n1)COC. The fourth-order valence-corrected chi connectivity index (χ4v) is 2.43. The molecule has 0 saturated heterocycles. The number of aryl methyl sites for hydroxylation is 1. The standard InChI is InChI=1S/C15H29N3O/c1-5-15(6-2)18-11-10-13(17-18)8-9-14(12-19-4)16-7-3/h10-11,14-16H,5-9,12H2,1-4H3. The first-order valence-electron chi connectivity index (χ1n) is 7.51. The maximum absolute atomic E-state index is 5.24. The number of aromatic nitrogens is 2. The van der Waals surface area contributed by atoms with Crippen LogP contribution in [0, 0.1) is 0 Å². The minimum atomic E-state index is 0.424. The molecule has 1 heterocycles. The van der Waals surface area contributed by atoms with Crippen molar-refractivity contribution < 1.29 is 4.74 Å². The molecule has 1 aromatic rings. The van der Waals surface area contributed by atoms with E-state index in [-0.39, 0.29) is 0 Å². The predicted octanol–water partition coefficient (Wildman–Crippen LogP) is 2.80. The van der Waals surface area contributed by atoms with Crippen molar-refractivity contribution in [3.05, 3.63) is 18.0 Å². The van der Waals surface area contributed by atoms with Crippen LogP contribution in [-0.4, -0.2) is 36.1 Å². The summed E-state index contributed by atoms with van der Waals surface area (Å²) in [6.07, 6.45) is 6.48. The molecule has 1 atom stereocenters. The van der Waals surface area contributed by atoms with Crippen molar-refractivity contribution in [1.29, 1.82) is 0 Å². The fourth-order valence-electron chi connectivity index (χ4n) is 2.43. The molecule has 0 radical (unpaired) electrons. The van der Waals surface area contributed by atoms with Gasteiger partial charge in [0.05, 0.1) is 18.3 Å². The Kier molecular flexibility index (Phi) is 7.75. The highest BCUT2D eigenvalue weighted by molar-refractivity contribution is 5.00. The second-order valence-electron chi connectivity index (χ2n) is 5.01. The summed E-state index contributed by atoms with van der Waals surface area (Å²) < 4.78 is 7.35. The van der Waals surface area contributed by atoms with Crippen LogP contribution in [0.3, 0.4) is 0 Å². The van der Waals surface area contributed by atoms with Gasteiger partial charge in [-0.1, -0.05) is 20.8 Å². The van der Waals surface area contributed by atoms with Crippen molar-refractivity contribution in [2.24, 2.45) is 0 Å². The van der Waals surface area contributed by atoms with Gasteiger partial charge < -0.3 is 10.1 Å². The van der Waals surface area contributed by atoms with Crippen molar-refractivity contribution in [2.45, 2.75) is 58.5 Å². The second kappa shape index (κ2) is 9.10. The van der Waals surface area contributed by atoms with Crippen molar-refractivity contribution in [3.63, 3.8) is 0 Å². The van der Waals surface area contributed by atoms with Gasteiger partial charge in [-0.05, 0) is 38.3 Å². The Balaban J connectivity index is 2.48. The molecule has 0 saturated carbocycles. The zero-order valence-corrected chi connectivity index (χ0v) is 12.9. The predicted molar refractivity (Wildman–Crippen MR) is 79.5 cm³/mol. The Hall–Kier alpha value is -0.870. The molecule has 1 aromatic heterocycles. The summed E-state index contributed by atoms with van der Waals surface area (Å²) in [5.74, 6) is 0. The van der Waals surface area contributed by atoms with Gasteiger partial charge in [-0.3, -0.25) is 4.68 Å². The van der Waals surface area contributed by atoms with Gasteiger partial charge in [0.2, 0.25) is 0 Å². The van der Waals surface area contributed by atoms with Crippen LogP contribution in [0.2, 0.25) is 0 Å². The third-order valence-corrected chi connectivity index (χ3v) is 3.59. The Labute approximate surface area is 117 Å². The number of ether oxygens (including phenoxy) is 1. The van der Waals surface area contributed by atoms with Crippen LogP contribution in [0.4, 0.5) is 0 Å². The van der Waals surface area contributed by atoms with E-state index in [1.165, 1.54) is 5.69 Å². The van der Waals surface area contributed by atoms with Crippen molar-refractivity contribution in [2.75, 3.05) is 20.3 Å². The molecule has 0 aliphatic carbocycles. The molecule has 4 nitrogen and oxygen atoms in total. The lowest BCUT2D eigenvalue weighted by Crippen LogP contribution is -2.33. The lowest BCUT2D eigenvalue weighted by Gasteiger charge is -2.16. The summed E-state index contributed by atoms with van der Waals surface area (Å²) >= 11 is 0. The zero-order valence-electron chi connectivity index (χ0n) is 12.9. The van der Waals surface area contributed by atoms with Gasteiger partial charge in [0.15, 0.2) is 0 Å². The van der Waals surface area contributed by atoms with Crippen LogP contribution < -0.4 is 5.32 Å². The molecular formula is C15H29N3O. The molecule has 0 spiro atoms. The maximum atomic E-state index is 5.24. The molecule has 0 aliphatic heterocycles. The van der Waals surface area contributed by atoms with Crippen LogP contribution in [-0.2, 0) is 11.2 Å². The molecule has 4 heteroatoms. The van der Waals surface area contributed by atoms with Crippen LogP contribution in [0.15, 0.2) is 12.3 Å². The molecule has 1 rings (SSSR count). The smallest absolute Gasteiger partial charge is 0.0625 e. The number of hydrogen-bond acceptors (Lipinski definition) is 3. The summed E-state index contributed by atoms with van der Waals surface area (Å²) in [4.78, 5) is 0. The van der Waals surface area contributed by atoms with E-state index in [1.807, 2.05) is 0 Å². The Bertz CT molecular complexity index is 328. The number of nitrogens with one attached hydrogen (secondary N) is 1. The van der Waals surface area contributed by atoms with Crippen molar-refractivity contribution >= 4 is 0 Å². The maximum Gasteiger partial charge on any atom is 0.0625 e. The number of rotatable bonds is 10. The Morgan fingerprint density at radius 2 is 2.05 bits per heavy atom. The van der Waals surface area contributed by atoms with E-state index in [0.717, 1.165) is 38.8 Å². The van der Waals surface area contributed by atoms with Gasteiger partial charge in [0.25, 0.3) is 0 Å². The van der Waals surface area contributed by atoms with Gasteiger partial charge in [-0.25, -0.2) is 0 Å². The normalized spacial score (nSPS) is 13.1. The zero-order chi connectivity index (χ0) is 14.1. The molecule has 0 aromatic carbocycles. The quantitative estimate of drug-likeness (QED) is 0.708. The molecule has 1 N–H and O–H groups in total. The molecule has 0 fully saturated rings. The summed E-state index contributed by atoms with van der Waals surface area (Å²) in [5.41, 5.74) is 1.19. The summed E-state index contributed by atoms with van der Waals surface area (Å²) in [5, 5.41) is 8.14. The first-order valence-corrected chi connectivity index (χ1v) is 7.51. The number of hydrogen-bond donors (Lipinski definition) is 1. The van der Waals surface area contributed by atoms with Gasteiger partial charge in [-0.15, -0.1) is 0 Å². The molecule has 0 aliphatic rings. The van der Waals surface area contributed by atoms with Crippen LogP contribution in [0.1, 0.15) is 51.8 Å². The molecule has 0 bridgehead atoms. The summed E-state index contributed by atoms with van der Waals surface area (Å²) in [6, 6.07) is 3.11. The first-order chi connectivity index (χ1) is 9.24. The van der Waals surface area contributed by atoms with Gasteiger partial charge in [0, 0.05) is 19.3 Å². The number of likely N-dealkylation sites (N-methyl/N-ethyl adjacent to an activating group) is 1. The van der Waals surface area contributed by atoms with E-state index in [4.69, 9.17) is 9.84 Å². The van der Waals surface area contributed by atoms with E-state index in [0.29, 0.717) is 12.1 Å². The third kappa shape index (κ3) is 5.33. The van der Waals surface area contributed by atoms with Gasteiger partial charge in [0.1, 0.15) is 0 Å². The van der Waals surface area contributed by atoms with Crippen molar-refractivity contribution in [3.8, 4) is 0 Å². The fraction of sp³-hybridized carbons (Fsp3) is 0.800. The molecule has 110 valence electrons. The van der Waals surface area contributed by atoms with E-state index in [1.54, 1.807) is 7.11 Å². The van der Waals surface area contributed by atoms with Crippen molar-refractivity contribution in [1.82, 2.24) is 15.1 Å². The van der Waals surface area contributed by atoms with Crippen LogP contribution in [0.5, 0.6) is 0 Å². The number of methoxy groups -OCH3 is 1. The lowest BCUT2D eigenvalue weighted by molar-refractivity contribution is 0.163. The van der Waals surface area contributed by atoms with E-state index in [9.17, 15) is 0 Å². The highest BCUT2D eigenvalue weighted by Gasteiger charge is 2.10. The minimum absolute atomic E-state index is 0.424. The van der Waals surface area contributed by atoms with Crippen LogP contribution >= 0.6 is 0 Å². The number of nitrogens with zero attached hydrogens (tertiary/aromatic N) is 2. The van der Waals surface area contributed by atoms with Crippen LogP contribution in [0.25, 0.3) is 0 Å². The Morgan fingerprint density at radius 3 is 2.63 bits per heavy atom. The van der Waals surface area contributed by atoms with Gasteiger partial charge >= 0.3 is 0 Å². The minimum Gasteiger partial charge on any atom is -0.383 e. The lowest BCUT2D eigenvalue weighted by atomic mass is 10.1. The molecule has 19 heavy (non-hydrogen) atoms. The van der Waals surface area contributed by atoms with E-state index in [2.05, 4.69) is 43.0 Å². The monoisotopic (exact) mass is 267 g/mol. The highest BCUT2D eigenvalue weighted by atomic mass is 16.5.